The number of amides is 1. The van der Waals surface area contributed by atoms with Gasteiger partial charge in [0.15, 0.2) is 5.82 Å². The summed E-state index contributed by atoms with van der Waals surface area (Å²) >= 11 is 0. The van der Waals surface area contributed by atoms with Crippen molar-refractivity contribution in [2.24, 2.45) is 0 Å². The first kappa shape index (κ1) is 17.0. The summed E-state index contributed by atoms with van der Waals surface area (Å²) in [7, 11) is 0. The van der Waals surface area contributed by atoms with Crippen LogP contribution in [-0.4, -0.2) is 34.3 Å². The van der Waals surface area contributed by atoms with Gasteiger partial charge < -0.3 is 19.9 Å². The van der Waals surface area contributed by atoms with E-state index in [4.69, 9.17) is 4.74 Å². The molecule has 0 aliphatic rings. The van der Waals surface area contributed by atoms with Gasteiger partial charge in [-0.15, -0.1) is 0 Å². The predicted octanol–water partition coefficient (Wildman–Crippen LogP) is 1.59. The number of anilines is 1. The lowest BCUT2D eigenvalue weighted by molar-refractivity contribution is 0.0530. The summed E-state index contributed by atoms with van der Waals surface area (Å²) in [6, 6.07) is 0. The second kappa shape index (κ2) is 7.66. The summed E-state index contributed by atoms with van der Waals surface area (Å²) in [6.45, 7) is 8.81. The fraction of sp³-hybridized carbons (Fsp3) is 0.643. The molecule has 1 amide bonds. The smallest absolute Gasteiger partial charge is 0.407 e. The van der Waals surface area contributed by atoms with E-state index < -0.39 is 11.7 Å². The lowest BCUT2D eigenvalue weighted by Gasteiger charge is -2.19. The Kier molecular flexibility index (Phi) is 6.20. The Bertz CT molecular complexity index is 520. The molecule has 1 aromatic rings. The first-order chi connectivity index (χ1) is 9.83. The minimum atomic E-state index is -0.521. The zero-order valence-electron chi connectivity index (χ0n) is 13.1. The van der Waals surface area contributed by atoms with E-state index in [1.165, 1.54) is 0 Å². The maximum Gasteiger partial charge on any atom is 0.407 e. The highest BCUT2D eigenvalue weighted by molar-refractivity contribution is 5.67. The van der Waals surface area contributed by atoms with E-state index in [1.807, 2.05) is 6.92 Å². The third-order valence-electron chi connectivity index (χ3n) is 2.46. The molecular formula is C14H24N4O3. The highest BCUT2D eigenvalue weighted by atomic mass is 16.6. The minimum absolute atomic E-state index is 0.156. The van der Waals surface area contributed by atoms with Gasteiger partial charge in [0.25, 0.3) is 5.56 Å². The standard InChI is InChI=1S/C14H24N4O3/c1-5-9-18-10-8-16-11(12(18)19)15-6-7-17-13(20)21-14(2,3)4/h8,10H,5-7,9H2,1-4H3,(H,15,16)(H,17,20). The van der Waals surface area contributed by atoms with Crippen molar-refractivity contribution in [2.75, 3.05) is 18.4 Å². The normalized spacial score (nSPS) is 11.0. The van der Waals surface area contributed by atoms with Crippen molar-refractivity contribution in [1.29, 1.82) is 0 Å². The minimum Gasteiger partial charge on any atom is -0.444 e. The van der Waals surface area contributed by atoms with Gasteiger partial charge in [0.1, 0.15) is 5.60 Å². The maximum atomic E-state index is 12.0. The van der Waals surface area contributed by atoms with E-state index in [0.29, 0.717) is 19.6 Å². The average Bonchev–Trinajstić information content (AvgIpc) is 2.37. The highest BCUT2D eigenvalue weighted by Gasteiger charge is 2.15. The topological polar surface area (TPSA) is 85.2 Å². The molecule has 0 radical (unpaired) electrons. The second-order valence-corrected chi connectivity index (χ2v) is 5.63. The van der Waals surface area contributed by atoms with Crippen LogP contribution in [0.25, 0.3) is 0 Å². The summed E-state index contributed by atoms with van der Waals surface area (Å²) in [4.78, 5) is 27.4. The Morgan fingerprint density at radius 2 is 2.10 bits per heavy atom. The molecule has 7 nitrogen and oxygen atoms in total. The molecular weight excluding hydrogens is 272 g/mol. The fourth-order valence-electron chi connectivity index (χ4n) is 1.65. The summed E-state index contributed by atoms with van der Waals surface area (Å²) in [5.74, 6) is 0.289. The molecule has 21 heavy (non-hydrogen) atoms. The summed E-state index contributed by atoms with van der Waals surface area (Å²) in [5.41, 5.74) is -0.677. The summed E-state index contributed by atoms with van der Waals surface area (Å²) in [6.07, 6.45) is 3.65. The van der Waals surface area contributed by atoms with Gasteiger partial charge in [-0.25, -0.2) is 9.78 Å². The van der Waals surface area contributed by atoms with Crippen LogP contribution >= 0.6 is 0 Å². The molecule has 1 heterocycles. The third-order valence-corrected chi connectivity index (χ3v) is 2.46. The van der Waals surface area contributed by atoms with E-state index >= 15 is 0 Å². The Balaban J connectivity index is 2.41. The molecule has 7 heteroatoms. The van der Waals surface area contributed by atoms with Crippen molar-refractivity contribution in [3.8, 4) is 0 Å². The van der Waals surface area contributed by atoms with Gasteiger partial charge >= 0.3 is 6.09 Å². The Morgan fingerprint density at radius 3 is 2.71 bits per heavy atom. The molecule has 118 valence electrons. The van der Waals surface area contributed by atoms with Crippen molar-refractivity contribution >= 4 is 11.9 Å². The first-order valence-electron chi connectivity index (χ1n) is 7.09. The number of hydrogen-bond donors (Lipinski definition) is 2. The quantitative estimate of drug-likeness (QED) is 0.779. The fourth-order valence-corrected chi connectivity index (χ4v) is 1.65. The van der Waals surface area contributed by atoms with Crippen LogP contribution in [0.2, 0.25) is 0 Å². The molecule has 0 aromatic carbocycles. The van der Waals surface area contributed by atoms with Gasteiger partial charge in [0.2, 0.25) is 0 Å². The van der Waals surface area contributed by atoms with Gasteiger partial charge in [-0.1, -0.05) is 6.92 Å². The number of rotatable bonds is 6. The monoisotopic (exact) mass is 296 g/mol. The van der Waals surface area contributed by atoms with Crippen LogP contribution < -0.4 is 16.2 Å². The lowest BCUT2D eigenvalue weighted by Crippen LogP contribution is -2.35. The van der Waals surface area contributed by atoms with Crippen LogP contribution in [0.4, 0.5) is 10.6 Å². The number of ether oxygens (including phenoxy) is 1. The number of alkyl carbamates (subject to hydrolysis) is 1. The van der Waals surface area contributed by atoms with Crippen LogP contribution in [0, 0.1) is 0 Å². The molecule has 1 rings (SSSR count). The molecule has 2 N–H and O–H groups in total. The third kappa shape index (κ3) is 6.29. The van der Waals surface area contributed by atoms with E-state index in [1.54, 1.807) is 37.7 Å². The highest BCUT2D eigenvalue weighted by Crippen LogP contribution is 2.06. The predicted molar refractivity (Wildman–Crippen MR) is 81.5 cm³/mol. The maximum absolute atomic E-state index is 12.0. The van der Waals surface area contributed by atoms with Crippen molar-refractivity contribution in [3.63, 3.8) is 0 Å². The van der Waals surface area contributed by atoms with E-state index in [2.05, 4.69) is 15.6 Å². The van der Waals surface area contributed by atoms with Crippen molar-refractivity contribution in [1.82, 2.24) is 14.9 Å². The molecule has 0 aliphatic carbocycles. The first-order valence-corrected chi connectivity index (χ1v) is 7.09. The van der Waals surface area contributed by atoms with Crippen molar-refractivity contribution in [2.45, 2.75) is 46.3 Å². The van der Waals surface area contributed by atoms with Gasteiger partial charge in [0, 0.05) is 32.0 Å². The van der Waals surface area contributed by atoms with Gasteiger partial charge in [-0.05, 0) is 27.2 Å². The zero-order valence-corrected chi connectivity index (χ0v) is 13.1. The number of nitrogens with one attached hydrogen (secondary N) is 2. The van der Waals surface area contributed by atoms with E-state index in [0.717, 1.165) is 6.42 Å². The number of carbonyl (C=O) groups is 1. The Hall–Kier alpha value is -2.05. The number of hydrogen-bond acceptors (Lipinski definition) is 5. The zero-order chi connectivity index (χ0) is 15.9. The lowest BCUT2D eigenvalue weighted by atomic mass is 10.2. The summed E-state index contributed by atoms with van der Waals surface area (Å²) < 4.78 is 6.71. The molecule has 0 saturated heterocycles. The number of carbonyl (C=O) groups excluding carboxylic acids is 1. The number of aromatic nitrogens is 2. The van der Waals surface area contributed by atoms with Crippen LogP contribution in [0.5, 0.6) is 0 Å². The van der Waals surface area contributed by atoms with Crippen LogP contribution in [0.1, 0.15) is 34.1 Å². The number of aryl methyl sites for hydroxylation is 1. The largest absolute Gasteiger partial charge is 0.444 e. The number of nitrogens with zero attached hydrogens (tertiary/aromatic N) is 2. The van der Waals surface area contributed by atoms with Crippen molar-refractivity contribution in [3.05, 3.63) is 22.7 Å². The Morgan fingerprint density at radius 1 is 1.38 bits per heavy atom. The van der Waals surface area contributed by atoms with E-state index in [-0.39, 0.29) is 11.4 Å². The average molecular weight is 296 g/mol. The van der Waals surface area contributed by atoms with Crippen molar-refractivity contribution < 1.29 is 9.53 Å². The van der Waals surface area contributed by atoms with Gasteiger partial charge in [-0.2, -0.15) is 0 Å². The van der Waals surface area contributed by atoms with Crippen LogP contribution in [-0.2, 0) is 11.3 Å². The summed E-state index contributed by atoms with van der Waals surface area (Å²) in [5, 5.41) is 5.52. The second-order valence-electron chi connectivity index (χ2n) is 5.63. The molecule has 0 bridgehead atoms. The molecule has 0 fully saturated rings. The molecule has 0 atom stereocenters. The SMILES string of the molecule is CCCn1ccnc(NCCNC(=O)OC(C)(C)C)c1=O. The molecule has 0 aliphatic heterocycles. The van der Waals surface area contributed by atoms with Crippen LogP contribution in [0.15, 0.2) is 17.2 Å². The molecule has 0 unspecified atom stereocenters. The van der Waals surface area contributed by atoms with Crippen LogP contribution in [0.3, 0.4) is 0 Å². The molecule has 0 saturated carbocycles. The van der Waals surface area contributed by atoms with Gasteiger partial charge in [-0.3, -0.25) is 4.79 Å². The molecule has 0 spiro atoms. The molecule has 1 aromatic heterocycles. The van der Waals surface area contributed by atoms with Gasteiger partial charge in [0.05, 0.1) is 0 Å². The Labute approximate surface area is 124 Å². The van der Waals surface area contributed by atoms with E-state index in [9.17, 15) is 9.59 Å².